The molecule has 0 aliphatic rings. The van der Waals surface area contributed by atoms with Crippen LogP contribution in [0.3, 0.4) is 0 Å². The molecule has 0 N–H and O–H groups in total. The van der Waals surface area contributed by atoms with Gasteiger partial charge in [0.15, 0.2) is 0 Å². The fourth-order valence-corrected chi connectivity index (χ4v) is 0. The Labute approximate surface area is 40.6 Å². The first-order valence-electron chi connectivity index (χ1n) is 2.14. The second kappa shape index (κ2) is 25.5. The molecule has 0 rings (SSSR count). The maximum Gasteiger partial charge on any atom is 0.145 e. The number of hydrogen-bond acceptors (Lipinski definition) is 0. The van der Waals surface area contributed by atoms with Gasteiger partial charge in [-0.1, -0.05) is 19.8 Å². The Bertz CT molecular complexity index is 29.8. The van der Waals surface area contributed by atoms with Crippen LogP contribution in [0.4, 0.5) is 0 Å². The van der Waals surface area contributed by atoms with Gasteiger partial charge in [-0.05, 0) is 0 Å². The molecule has 0 spiro atoms. The highest BCUT2D eigenvalue weighted by molar-refractivity contribution is 4.83. The molecule has 0 fully saturated rings. The summed E-state index contributed by atoms with van der Waals surface area (Å²) in [6, 6.07) is 0. The van der Waals surface area contributed by atoms with Gasteiger partial charge >= 0.3 is 0 Å². The Hall–Kier alpha value is -0.570. The van der Waals surface area contributed by atoms with E-state index in [0.29, 0.717) is 6.42 Å². The number of hydrogen-bond donors (Lipinski definition) is 0. The van der Waals surface area contributed by atoms with Crippen molar-refractivity contribution in [2.75, 3.05) is 0 Å². The van der Waals surface area contributed by atoms with E-state index in [-0.39, 0.29) is 0 Å². The molecule has 6 heavy (non-hydrogen) atoms. The summed E-state index contributed by atoms with van der Waals surface area (Å²) < 4.78 is 0. The molecule has 0 saturated heterocycles. The zero-order valence-electron chi connectivity index (χ0n) is 4.49. The fraction of sp³-hybridized carbons (Fsp3) is 0.500. The molecule has 0 atom stereocenters. The van der Waals surface area contributed by atoms with Crippen molar-refractivity contribution in [1.29, 1.82) is 0 Å². The molecule has 0 aromatic heterocycles. The summed E-state index contributed by atoms with van der Waals surface area (Å²) in [5.74, 6) is 2.32. The van der Waals surface area contributed by atoms with E-state index in [2.05, 4.69) is 12.8 Å². The van der Waals surface area contributed by atoms with Crippen molar-refractivity contribution in [2.45, 2.75) is 20.3 Å². The van der Waals surface area contributed by atoms with Gasteiger partial charge in [0.2, 0.25) is 0 Å². The van der Waals surface area contributed by atoms with Crippen molar-refractivity contribution >= 4 is 0 Å². The minimum Gasteiger partial charge on any atom is -0.116 e. The smallest absolute Gasteiger partial charge is 0.116 e. The third-order valence-corrected chi connectivity index (χ3v) is 0.144. The highest BCUT2D eigenvalue weighted by Gasteiger charge is 1.54. The molecular formula is C6H11+. The molecule has 0 heteroatoms. The van der Waals surface area contributed by atoms with Crippen LogP contribution in [-0.2, 0) is 0 Å². The van der Waals surface area contributed by atoms with E-state index in [1.165, 1.54) is 0 Å². The molecule has 0 amide bonds. The SMILES string of the molecule is C#CC[CH2+].CC. The highest BCUT2D eigenvalue weighted by atomic mass is 13.5. The monoisotopic (exact) mass is 83.1 g/mol. The van der Waals surface area contributed by atoms with Crippen LogP contribution >= 0.6 is 0 Å². The number of terminal acetylenes is 1. The van der Waals surface area contributed by atoms with Gasteiger partial charge in [-0.3, -0.25) is 0 Å². The standard InChI is InChI=1S/C4H5.C2H6/c1-3-4-2;1-2/h1H,2,4H2;1-2H3/q+1;. The van der Waals surface area contributed by atoms with Crippen molar-refractivity contribution < 1.29 is 0 Å². The third kappa shape index (κ3) is 110. The van der Waals surface area contributed by atoms with Gasteiger partial charge in [0.1, 0.15) is 6.42 Å². The molecule has 34 valence electrons. The van der Waals surface area contributed by atoms with Crippen LogP contribution < -0.4 is 0 Å². The average molecular weight is 83.2 g/mol. The zero-order chi connectivity index (χ0) is 5.41. The quantitative estimate of drug-likeness (QED) is 0.310. The van der Waals surface area contributed by atoms with Crippen LogP contribution in [0, 0.1) is 19.3 Å². The van der Waals surface area contributed by atoms with Gasteiger partial charge in [0.25, 0.3) is 0 Å². The van der Waals surface area contributed by atoms with Gasteiger partial charge in [-0.15, -0.1) is 6.42 Å². The van der Waals surface area contributed by atoms with E-state index in [1.807, 2.05) is 13.8 Å². The number of rotatable bonds is 0. The first-order valence-corrected chi connectivity index (χ1v) is 2.14. The summed E-state index contributed by atoms with van der Waals surface area (Å²) in [4.78, 5) is 0. The van der Waals surface area contributed by atoms with Gasteiger partial charge in [-0.25, -0.2) is 0 Å². The average Bonchev–Trinajstić information content (AvgIpc) is 1.72. The minimum absolute atomic E-state index is 0.597. The van der Waals surface area contributed by atoms with E-state index in [1.54, 1.807) is 0 Å². The van der Waals surface area contributed by atoms with Gasteiger partial charge in [0, 0.05) is 0 Å². The van der Waals surface area contributed by atoms with Crippen molar-refractivity contribution in [3.63, 3.8) is 0 Å². The normalized spacial score (nSPS) is 4.17. The zero-order valence-corrected chi connectivity index (χ0v) is 4.49. The lowest BCUT2D eigenvalue weighted by Crippen LogP contribution is -1.40. The Morgan fingerprint density at radius 3 is 1.83 bits per heavy atom. The predicted molar refractivity (Wildman–Crippen MR) is 30.2 cm³/mol. The molecule has 0 bridgehead atoms. The highest BCUT2D eigenvalue weighted by Crippen LogP contribution is 1.56. The largest absolute Gasteiger partial charge is 0.145 e. The van der Waals surface area contributed by atoms with Gasteiger partial charge < -0.3 is 0 Å². The van der Waals surface area contributed by atoms with Crippen LogP contribution in [0.1, 0.15) is 20.3 Å². The molecule has 0 nitrogen and oxygen atoms in total. The topological polar surface area (TPSA) is 0 Å². The molecule has 0 aliphatic carbocycles. The molecule has 0 aromatic rings. The maximum atomic E-state index is 4.72. The second-order valence-electron chi connectivity index (χ2n) is 0.454. The van der Waals surface area contributed by atoms with Gasteiger partial charge in [-0.2, -0.15) is 0 Å². The van der Waals surface area contributed by atoms with E-state index < -0.39 is 0 Å². The van der Waals surface area contributed by atoms with E-state index in [4.69, 9.17) is 6.42 Å². The molecule has 0 saturated carbocycles. The van der Waals surface area contributed by atoms with E-state index in [9.17, 15) is 0 Å². The lowest BCUT2D eigenvalue weighted by molar-refractivity contribution is 1.49. The van der Waals surface area contributed by atoms with E-state index in [0.717, 1.165) is 0 Å². The summed E-state index contributed by atoms with van der Waals surface area (Å²) in [5.41, 5.74) is 0. The molecule has 0 radical (unpaired) electrons. The Kier molecular flexibility index (Phi) is 38.5. The van der Waals surface area contributed by atoms with E-state index >= 15 is 0 Å². The summed E-state index contributed by atoms with van der Waals surface area (Å²) in [6.07, 6.45) is 5.31. The summed E-state index contributed by atoms with van der Waals surface area (Å²) in [5, 5.41) is 0. The molecule has 0 unspecified atom stereocenters. The van der Waals surface area contributed by atoms with Crippen molar-refractivity contribution in [2.24, 2.45) is 0 Å². The predicted octanol–water partition coefficient (Wildman–Crippen LogP) is 1.87. The van der Waals surface area contributed by atoms with Crippen LogP contribution in [0.15, 0.2) is 0 Å². The molecule has 0 aliphatic heterocycles. The lowest BCUT2D eigenvalue weighted by atomic mass is 10.5. The first kappa shape index (κ1) is 9.06. The maximum absolute atomic E-state index is 4.72. The Morgan fingerprint density at radius 2 is 1.83 bits per heavy atom. The van der Waals surface area contributed by atoms with Gasteiger partial charge in [0.05, 0.1) is 6.92 Å². The van der Waals surface area contributed by atoms with Crippen LogP contribution in [0.25, 0.3) is 0 Å². The molecule has 0 heterocycles. The Morgan fingerprint density at radius 1 is 1.67 bits per heavy atom. The fourth-order valence-electron chi connectivity index (χ4n) is 0. The third-order valence-electron chi connectivity index (χ3n) is 0.144. The van der Waals surface area contributed by atoms with Crippen molar-refractivity contribution in [3.05, 3.63) is 6.92 Å². The Balaban J connectivity index is 0. The lowest BCUT2D eigenvalue weighted by Gasteiger charge is -1.42. The first-order chi connectivity index (χ1) is 2.91. The summed E-state index contributed by atoms with van der Waals surface area (Å²) >= 11 is 0. The second-order valence-corrected chi connectivity index (χ2v) is 0.454. The molecular weight excluding hydrogens is 72.1 g/mol. The van der Waals surface area contributed by atoms with Crippen LogP contribution in [0.5, 0.6) is 0 Å². The van der Waals surface area contributed by atoms with Crippen molar-refractivity contribution in [1.82, 2.24) is 0 Å². The van der Waals surface area contributed by atoms with Crippen molar-refractivity contribution in [3.8, 4) is 12.3 Å². The van der Waals surface area contributed by atoms with Crippen LogP contribution in [-0.4, -0.2) is 0 Å². The summed E-state index contributed by atoms with van der Waals surface area (Å²) in [7, 11) is 0. The van der Waals surface area contributed by atoms with Crippen LogP contribution in [0.2, 0.25) is 0 Å². The summed E-state index contributed by atoms with van der Waals surface area (Å²) in [6.45, 7) is 7.37. The molecule has 0 aromatic carbocycles. The minimum atomic E-state index is 0.597.